The van der Waals surface area contributed by atoms with Crippen molar-refractivity contribution in [1.29, 1.82) is 0 Å². The molecule has 0 amide bonds. The largest absolute Gasteiger partial charge is 0.302 e. The first-order valence-electron chi connectivity index (χ1n) is 13.1. The van der Waals surface area contributed by atoms with Crippen molar-refractivity contribution >= 4 is 11.0 Å². The molecule has 3 aromatic rings. The van der Waals surface area contributed by atoms with Crippen LogP contribution in [0, 0.1) is 0 Å². The van der Waals surface area contributed by atoms with E-state index in [2.05, 4.69) is 45.9 Å². The van der Waals surface area contributed by atoms with Crippen LogP contribution in [-0.4, -0.2) is 33.6 Å². The third kappa shape index (κ3) is 5.22. The monoisotopic (exact) mass is 443 g/mol. The first-order valence-corrected chi connectivity index (χ1v) is 13.1. The van der Waals surface area contributed by atoms with Crippen LogP contribution in [0.1, 0.15) is 75.1 Å². The molecule has 4 heteroatoms. The van der Waals surface area contributed by atoms with E-state index in [1.165, 1.54) is 50.5 Å². The summed E-state index contributed by atoms with van der Waals surface area (Å²) in [5.74, 6) is 0. The Balaban J connectivity index is 1.36. The molecule has 1 saturated carbocycles. The summed E-state index contributed by atoms with van der Waals surface area (Å²) in [6, 6.07) is 19.6. The first kappa shape index (κ1) is 22.3. The van der Waals surface area contributed by atoms with Crippen LogP contribution in [0.5, 0.6) is 0 Å². The van der Waals surface area contributed by atoms with Gasteiger partial charge in [0, 0.05) is 25.2 Å². The summed E-state index contributed by atoms with van der Waals surface area (Å²) in [5.41, 5.74) is 4.03. The number of nitrogens with zero attached hydrogens (tertiary/aromatic N) is 3. The standard InChI is InChI=1S/C29H37N3O/c33-29-27(18-17-23-11-5-4-6-12-23)30-26-15-9-10-16-28(26)32(29)25-19-21-31(22-20-25)24-13-7-2-1-3-8-14-24/h4-6,9-12,15-16,24-25H,1-3,7-8,13-14,17-22H2. The molecule has 0 bridgehead atoms. The summed E-state index contributed by atoms with van der Waals surface area (Å²) in [4.78, 5) is 21.2. The lowest BCUT2D eigenvalue weighted by Gasteiger charge is -2.39. The minimum atomic E-state index is 0.119. The minimum absolute atomic E-state index is 0.119. The normalized spacial score (nSPS) is 19.4. The maximum absolute atomic E-state index is 13.7. The summed E-state index contributed by atoms with van der Waals surface area (Å²) < 4.78 is 2.10. The van der Waals surface area contributed by atoms with Crippen LogP contribution in [0.4, 0.5) is 0 Å². The van der Waals surface area contributed by atoms with E-state index in [1.807, 2.05) is 18.2 Å². The molecular weight excluding hydrogens is 406 g/mol. The Morgan fingerprint density at radius 3 is 2.15 bits per heavy atom. The van der Waals surface area contributed by atoms with Gasteiger partial charge in [0.05, 0.1) is 11.0 Å². The van der Waals surface area contributed by atoms with Crippen molar-refractivity contribution in [2.45, 2.75) is 82.7 Å². The number of rotatable bonds is 5. The molecule has 1 aliphatic carbocycles. The summed E-state index contributed by atoms with van der Waals surface area (Å²) in [6.45, 7) is 2.22. The number of para-hydroxylation sites is 2. The number of aromatic nitrogens is 2. The van der Waals surface area contributed by atoms with E-state index in [4.69, 9.17) is 4.98 Å². The molecule has 0 N–H and O–H groups in total. The van der Waals surface area contributed by atoms with Gasteiger partial charge in [-0.25, -0.2) is 4.98 Å². The summed E-state index contributed by atoms with van der Waals surface area (Å²) >= 11 is 0. The summed E-state index contributed by atoms with van der Waals surface area (Å²) in [5, 5.41) is 0. The Morgan fingerprint density at radius 1 is 0.727 bits per heavy atom. The number of aryl methyl sites for hydroxylation is 2. The summed E-state index contributed by atoms with van der Waals surface area (Å²) in [6.07, 6.45) is 13.3. The lowest BCUT2D eigenvalue weighted by Crippen LogP contribution is -2.43. The van der Waals surface area contributed by atoms with Crippen LogP contribution in [-0.2, 0) is 12.8 Å². The van der Waals surface area contributed by atoms with E-state index in [0.29, 0.717) is 12.1 Å². The highest BCUT2D eigenvalue weighted by Crippen LogP contribution is 2.29. The van der Waals surface area contributed by atoms with Crippen molar-refractivity contribution in [2.75, 3.05) is 13.1 Å². The predicted molar refractivity (Wildman–Crippen MR) is 136 cm³/mol. The molecule has 0 unspecified atom stereocenters. The lowest BCUT2D eigenvalue weighted by atomic mass is 9.93. The highest BCUT2D eigenvalue weighted by Gasteiger charge is 2.28. The molecule has 4 nitrogen and oxygen atoms in total. The maximum atomic E-state index is 13.7. The average molecular weight is 444 g/mol. The lowest BCUT2D eigenvalue weighted by molar-refractivity contribution is 0.116. The minimum Gasteiger partial charge on any atom is -0.302 e. The fourth-order valence-corrected chi connectivity index (χ4v) is 5.95. The van der Waals surface area contributed by atoms with Crippen molar-refractivity contribution in [3.63, 3.8) is 0 Å². The number of hydrogen-bond donors (Lipinski definition) is 0. The zero-order valence-electron chi connectivity index (χ0n) is 19.8. The van der Waals surface area contributed by atoms with Crippen molar-refractivity contribution < 1.29 is 0 Å². The zero-order chi connectivity index (χ0) is 22.5. The highest BCUT2D eigenvalue weighted by molar-refractivity contribution is 5.74. The molecule has 2 fully saturated rings. The van der Waals surface area contributed by atoms with Gasteiger partial charge in [0.2, 0.25) is 0 Å². The SMILES string of the molecule is O=c1c(CCc2ccccc2)nc2ccccc2n1C1CCN(C2CCCCCCC2)CC1. The van der Waals surface area contributed by atoms with Crippen LogP contribution >= 0.6 is 0 Å². The molecule has 1 aromatic heterocycles. The fourth-order valence-electron chi connectivity index (χ4n) is 5.95. The fraction of sp³-hybridized carbons (Fsp3) is 0.517. The average Bonchev–Trinajstić information content (AvgIpc) is 2.84. The van der Waals surface area contributed by atoms with Crippen LogP contribution in [0.3, 0.4) is 0 Å². The van der Waals surface area contributed by atoms with Crippen molar-refractivity contribution in [2.24, 2.45) is 0 Å². The van der Waals surface area contributed by atoms with Crippen LogP contribution in [0.15, 0.2) is 59.4 Å². The van der Waals surface area contributed by atoms with Gasteiger partial charge >= 0.3 is 0 Å². The predicted octanol–water partition coefficient (Wildman–Crippen LogP) is 5.93. The second-order valence-electron chi connectivity index (χ2n) is 9.97. The molecule has 33 heavy (non-hydrogen) atoms. The van der Waals surface area contributed by atoms with Crippen molar-refractivity contribution in [1.82, 2.24) is 14.5 Å². The molecule has 1 aliphatic heterocycles. The van der Waals surface area contributed by atoms with Crippen LogP contribution in [0.2, 0.25) is 0 Å². The Hall–Kier alpha value is -2.46. The van der Waals surface area contributed by atoms with E-state index < -0.39 is 0 Å². The van der Waals surface area contributed by atoms with Gasteiger partial charge in [-0.15, -0.1) is 0 Å². The highest BCUT2D eigenvalue weighted by atomic mass is 16.1. The maximum Gasteiger partial charge on any atom is 0.273 e. The Bertz CT molecular complexity index is 1090. The van der Waals surface area contributed by atoms with Gasteiger partial charge in [-0.05, 0) is 56.2 Å². The van der Waals surface area contributed by atoms with E-state index in [-0.39, 0.29) is 11.6 Å². The molecule has 0 radical (unpaired) electrons. The number of piperidine rings is 1. The Morgan fingerprint density at radius 2 is 1.39 bits per heavy atom. The van der Waals surface area contributed by atoms with Gasteiger partial charge in [0.1, 0.15) is 5.69 Å². The van der Waals surface area contributed by atoms with E-state index in [9.17, 15) is 4.79 Å². The van der Waals surface area contributed by atoms with Crippen LogP contribution < -0.4 is 5.56 Å². The van der Waals surface area contributed by atoms with E-state index in [1.54, 1.807) is 0 Å². The molecule has 2 heterocycles. The third-order valence-electron chi connectivity index (χ3n) is 7.81. The number of benzene rings is 2. The van der Waals surface area contributed by atoms with E-state index >= 15 is 0 Å². The Labute approximate surface area is 197 Å². The topological polar surface area (TPSA) is 38.1 Å². The third-order valence-corrected chi connectivity index (χ3v) is 7.81. The summed E-state index contributed by atoms with van der Waals surface area (Å²) in [7, 11) is 0. The second kappa shape index (κ2) is 10.6. The number of fused-ring (bicyclic) bond motifs is 1. The van der Waals surface area contributed by atoms with E-state index in [0.717, 1.165) is 49.4 Å². The molecule has 1 saturated heterocycles. The van der Waals surface area contributed by atoms with Gasteiger partial charge in [0.15, 0.2) is 0 Å². The molecule has 5 rings (SSSR count). The van der Waals surface area contributed by atoms with Gasteiger partial charge in [-0.2, -0.15) is 0 Å². The van der Waals surface area contributed by atoms with Crippen LogP contribution in [0.25, 0.3) is 11.0 Å². The number of hydrogen-bond acceptors (Lipinski definition) is 3. The molecule has 2 aromatic carbocycles. The quantitative estimate of drug-likeness (QED) is 0.490. The smallest absolute Gasteiger partial charge is 0.273 e. The Kier molecular flexibility index (Phi) is 7.21. The van der Waals surface area contributed by atoms with Crippen molar-refractivity contribution in [3.05, 3.63) is 76.2 Å². The van der Waals surface area contributed by atoms with Gasteiger partial charge < -0.3 is 9.47 Å². The molecule has 2 aliphatic rings. The number of likely N-dealkylation sites (tertiary alicyclic amines) is 1. The second-order valence-corrected chi connectivity index (χ2v) is 9.97. The molecular formula is C29H37N3O. The van der Waals surface area contributed by atoms with Gasteiger partial charge in [-0.3, -0.25) is 4.79 Å². The molecule has 0 atom stereocenters. The molecule has 0 spiro atoms. The van der Waals surface area contributed by atoms with Crippen molar-refractivity contribution in [3.8, 4) is 0 Å². The molecule has 174 valence electrons. The van der Waals surface area contributed by atoms with Gasteiger partial charge in [-0.1, -0.05) is 74.6 Å². The first-order chi connectivity index (χ1) is 16.3. The zero-order valence-corrected chi connectivity index (χ0v) is 19.8. The van der Waals surface area contributed by atoms with Gasteiger partial charge in [0.25, 0.3) is 5.56 Å².